The minimum atomic E-state index is 0.846. The molecule has 1 nitrogen and oxygen atoms in total. The molecule has 0 saturated heterocycles. The van der Waals surface area contributed by atoms with E-state index in [9.17, 15) is 4.79 Å². The molecule has 0 unspecified atom stereocenters. The Morgan fingerprint density at radius 3 is 1.75 bits per heavy atom. The summed E-state index contributed by atoms with van der Waals surface area (Å²) < 4.78 is 1.28. The monoisotopic (exact) mass is 368 g/mol. The molecule has 0 aromatic carbocycles. The number of thiophene rings is 1. The number of thioether (sulfide) groups is 1. The zero-order valence-corrected chi connectivity index (χ0v) is 17.2. The number of unbranched alkanes of at least 4 members (excludes halogenated alkanes) is 13. The fraction of sp³-hybridized carbons (Fsp3) is 0.762. The van der Waals surface area contributed by atoms with E-state index in [1.165, 1.54) is 99.9 Å². The van der Waals surface area contributed by atoms with Gasteiger partial charge in [-0.1, -0.05) is 90.4 Å². The highest BCUT2D eigenvalue weighted by atomic mass is 32.2. The Hall–Kier alpha value is -0.280. The number of carbonyl (C=O) groups excluding carboxylic acids is 1. The highest BCUT2D eigenvalue weighted by Crippen LogP contribution is 2.27. The molecule has 0 saturated carbocycles. The minimum Gasteiger partial charge on any atom is -0.297 e. The summed E-state index contributed by atoms with van der Waals surface area (Å²) in [6, 6.07) is 3.99. The molecule has 0 aliphatic heterocycles. The molecule has 3 heteroatoms. The van der Waals surface area contributed by atoms with Crippen molar-refractivity contribution in [1.29, 1.82) is 0 Å². The van der Waals surface area contributed by atoms with E-state index < -0.39 is 0 Å². The van der Waals surface area contributed by atoms with Crippen LogP contribution in [0.5, 0.6) is 0 Å². The molecule has 0 spiro atoms. The van der Waals surface area contributed by atoms with Gasteiger partial charge in [-0.3, -0.25) is 4.79 Å². The van der Waals surface area contributed by atoms with E-state index in [0.717, 1.165) is 11.2 Å². The van der Waals surface area contributed by atoms with Gasteiger partial charge in [0.05, 0.1) is 9.09 Å². The fourth-order valence-electron chi connectivity index (χ4n) is 2.94. The van der Waals surface area contributed by atoms with E-state index in [1.807, 2.05) is 17.8 Å². The lowest BCUT2D eigenvalue weighted by Gasteiger charge is -2.03. The third kappa shape index (κ3) is 12.1. The van der Waals surface area contributed by atoms with E-state index in [4.69, 9.17) is 0 Å². The van der Waals surface area contributed by atoms with Gasteiger partial charge in [0.1, 0.15) is 0 Å². The molecule has 1 aromatic heterocycles. The first-order chi connectivity index (χ1) is 11.9. The van der Waals surface area contributed by atoms with E-state index in [2.05, 4.69) is 13.0 Å². The summed E-state index contributed by atoms with van der Waals surface area (Å²) >= 11 is 3.51. The molecule has 0 atom stereocenters. The van der Waals surface area contributed by atoms with Crippen LogP contribution in [0, 0.1) is 0 Å². The highest BCUT2D eigenvalue weighted by molar-refractivity contribution is 8.01. The molecule has 1 rings (SSSR count). The molecule has 0 aliphatic rings. The quantitative estimate of drug-likeness (QED) is 0.157. The zero-order chi connectivity index (χ0) is 17.3. The molecule has 0 radical (unpaired) electrons. The SMILES string of the molecule is CCCCCCCCCCCCCCCCSc1ccc(C=O)s1. The average molecular weight is 369 g/mol. The third-order valence-corrected chi connectivity index (χ3v) is 6.78. The smallest absolute Gasteiger partial charge is 0.160 e. The molecule has 0 bridgehead atoms. The normalized spacial score (nSPS) is 11.0. The van der Waals surface area contributed by atoms with Gasteiger partial charge in [0.2, 0.25) is 0 Å². The Labute approximate surface area is 158 Å². The maximum absolute atomic E-state index is 10.6. The van der Waals surface area contributed by atoms with E-state index in [-0.39, 0.29) is 0 Å². The minimum absolute atomic E-state index is 0.846. The number of hydrogen-bond acceptors (Lipinski definition) is 3. The first-order valence-electron chi connectivity index (χ1n) is 10.0. The van der Waals surface area contributed by atoms with Gasteiger partial charge in [0.25, 0.3) is 0 Å². The van der Waals surface area contributed by atoms with E-state index >= 15 is 0 Å². The van der Waals surface area contributed by atoms with Crippen molar-refractivity contribution in [2.75, 3.05) is 5.75 Å². The van der Waals surface area contributed by atoms with Gasteiger partial charge in [-0.05, 0) is 24.3 Å². The van der Waals surface area contributed by atoms with Crippen LogP contribution in [0.2, 0.25) is 0 Å². The van der Waals surface area contributed by atoms with Crippen LogP contribution in [0.3, 0.4) is 0 Å². The van der Waals surface area contributed by atoms with Crippen molar-refractivity contribution in [1.82, 2.24) is 0 Å². The molecule has 0 amide bonds. The number of rotatable bonds is 17. The first kappa shape index (κ1) is 21.8. The second-order valence-electron chi connectivity index (χ2n) is 6.72. The molecular weight excluding hydrogens is 332 g/mol. The standard InChI is InChI=1S/C21H36OS2/c1-2-3-4-5-6-7-8-9-10-11-12-13-14-15-18-23-21-17-16-20(19-22)24-21/h16-17,19H,2-15,18H2,1H3. The van der Waals surface area contributed by atoms with Crippen LogP contribution in [0.15, 0.2) is 16.3 Å². The van der Waals surface area contributed by atoms with Gasteiger partial charge in [-0.25, -0.2) is 0 Å². The number of carbonyl (C=O) groups is 1. The summed E-state index contributed by atoms with van der Waals surface area (Å²) in [4.78, 5) is 11.5. The summed E-state index contributed by atoms with van der Waals surface area (Å²) in [5, 5.41) is 0. The fourth-order valence-corrected chi connectivity index (χ4v) is 4.99. The molecule has 138 valence electrons. The summed E-state index contributed by atoms with van der Waals surface area (Å²) in [7, 11) is 0. The Balaban J connectivity index is 1.75. The summed E-state index contributed by atoms with van der Waals surface area (Å²) in [6.07, 6.45) is 20.8. The zero-order valence-electron chi connectivity index (χ0n) is 15.6. The van der Waals surface area contributed by atoms with E-state index in [0.29, 0.717) is 0 Å². The average Bonchev–Trinajstić information content (AvgIpc) is 3.06. The molecular formula is C21H36OS2. The molecule has 0 aliphatic carbocycles. The Kier molecular flexibility index (Phi) is 14.7. The van der Waals surface area contributed by atoms with Crippen LogP contribution in [0.4, 0.5) is 0 Å². The predicted molar refractivity (Wildman–Crippen MR) is 111 cm³/mol. The number of aldehydes is 1. The van der Waals surface area contributed by atoms with Crippen molar-refractivity contribution in [3.63, 3.8) is 0 Å². The van der Waals surface area contributed by atoms with Crippen LogP contribution < -0.4 is 0 Å². The van der Waals surface area contributed by atoms with Gasteiger partial charge in [0, 0.05) is 0 Å². The van der Waals surface area contributed by atoms with Crippen LogP contribution in [0.25, 0.3) is 0 Å². The maximum Gasteiger partial charge on any atom is 0.160 e. The van der Waals surface area contributed by atoms with Crippen LogP contribution in [0.1, 0.15) is 106 Å². The van der Waals surface area contributed by atoms with Gasteiger partial charge in [-0.2, -0.15) is 0 Å². The Morgan fingerprint density at radius 1 is 0.792 bits per heavy atom. The van der Waals surface area contributed by atoms with Gasteiger partial charge >= 0.3 is 0 Å². The van der Waals surface area contributed by atoms with Crippen molar-refractivity contribution in [2.24, 2.45) is 0 Å². The topological polar surface area (TPSA) is 17.1 Å². The Bertz CT molecular complexity index is 400. The molecule has 0 N–H and O–H groups in total. The number of hydrogen-bond donors (Lipinski definition) is 0. The molecule has 1 heterocycles. The first-order valence-corrected chi connectivity index (χ1v) is 11.8. The maximum atomic E-state index is 10.6. The summed E-state index contributed by atoms with van der Waals surface area (Å²) in [5.41, 5.74) is 0. The molecule has 24 heavy (non-hydrogen) atoms. The summed E-state index contributed by atoms with van der Waals surface area (Å²) in [5.74, 6) is 1.19. The lowest BCUT2D eigenvalue weighted by Crippen LogP contribution is -1.84. The van der Waals surface area contributed by atoms with Crippen molar-refractivity contribution >= 4 is 29.4 Å². The van der Waals surface area contributed by atoms with Crippen LogP contribution >= 0.6 is 23.1 Å². The van der Waals surface area contributed by atoms with Crippen LogP contribution in [-0.2, 0) is 0 Å². The van der Waals surface area contributed by atoms with E-state index in [1.54, 1.807) is 11.3 Å². The highest BCUT2D eigenvalue weighted by Gasteiger charge is 1.99. The molecule has 1 aromatic rings. The third-order valence-electron chi connectivity index (χ3n) is 4.46. The van der Waals surface area contributed by atoms with Crippen molar-refractivity contribution in [3.8, 4) is 0 Å². The predicted octanol–water partition coefficient (Wildman–Crippen LogP) is 8.13. The largest absolute Gasteiger partial charge is 0.297 e. The van der Waals surface area contributed by atoms with Gasteiger partial charge in [-0.15, -0.1) is 23.1 Å². The molecule has 0 fully saturated rings. The van der Waals surface area contributed by atoms with Crippen molar-refractivity contribution in [3.05, 3.63) is 17.0 Å². The lowest BCUT2D eigenvalue weighted by atomic mass is 10.0. The second kappa shape index (κ2) is 16.2. The van der Waals surface area contributed by atoms with Crippen molar-refractivity contribution in [2.45, 2.75) is 101 Å². The van der Waals surface area contributed by atoms with Crippen molar-refractivity contribution < 1.29 is 4.79 Å². The van der Waals surface area contributed by atoms with Gasteiger partial charge < -0.3 is 0 Å². The van der Waals surface area contributed by atoms with Crippen LogP contribution in [-0.4, -0.2) is 12.0 Å². The van der Waals surface area contributed by atoms with Gasteiger partial charge in [0.15, 0.2) is 6.29 Å². The summed E-state index contributed by atoms with van der Waals surface area (Å²) in [6.45, 7) is 2.28. The Morgan fingerprint density at radius 2 is 1.29 bits per heavy atom. The lowest BCUT2D eigenvalue weighted by molar-refractivity contribution is 0.112. The second-order valence-corrected chi connectivity index (χ2v) is 9.23.